The lowest BCUT2D eigenvalue weighted by Crippen LogP contribution is -2.37. The Morgan fingerprint density at radius 3 is 2.68 bits per heavy atom. The summed E-state index contributed by atoms with van der Waals surface area (Å²) in [7, 11) is 3.90. The average molecular weight is 263 g/mol. The molecule has 1 saturated carbocycles. The minimum absolute atomic E-state index is 0.0666. The van der Waals surface area contributed by atoms with Gasteiger partial charge in [-0.2, -0.15) is 0 Å². The fourth-order valence-electron chi connectivity index (χ4n) is 2.81. The maximum atomic E-state index is 9.54. The van der Waals surface area contributed by atoms with E-state index in [1.165, 1.54) is 5.56 Å². The van der Waals surface area contributed by atoms with Crippen molar-refractivity contribution in [3.8, 4) is 5.75 Å². The van der Waals surface area contributed by atoms with E-state index in [4.69, 9.17) is 4.74 Å². The minimum atomic E-state index is -0.0666. The number of hydrogen-bond donors (Lipinski definition) is 1. The van der Waals surface area contributed by atoms with E-state index >= 15 is 0 Å². The first-order valence-corrected chi connectivity index (χ1v) is 7.20. The van der Waals surface area contributed by atoms with Crippen molar-refractivity contribution in [3.05, 3.63) is 29.8 Å². The quantitative estimate of drug-likeness (QED) is 0.886. The number of benzene rings is 1. The fraction of sp³-hybridized carbons (Fsp3) is 0.625. The number of nitrogens with zero attached hydrogens (tertiary/aromatic N) is 1. The molecular weight excluding hydrogens is 238 g/mol. The molecule has 1 fully saturated rings. The Bertz CT molecular complexity index is 386. The first-order valence-electron chi connectivity index (χ1n) is 7.20. The van der Waals surface area contributed by atoms with Crippen LogP contribution >= 0.6 is 0 Å². The molecule has 3 heteroatoms. The van der Waals surface area contributed by atoms with Crippen molar-refractivity contribution < 1.29 is 9.84 Å². The lowest BCUT2D eigenvalue weighted by Gasteiger charge is -2.33. The monoisotopic (exact) mass is 263 g/mol. The summed E-state index contributed by atoms with van der Waals surface area (Å²) in [5, 5.41) is 9.54. The van der Waals surface area contributed by atoms with Crippen molar-refractivity contribution in [1.82, 2.24) is 4.90 Å². The second kappa shape index (κ2) is 6.92. The highest BCUT2D eigenvalue weighted by atomic mass is 16.5. The predicted octanol–water partition coefficient (Wildman–Crippen LogP) is 2.47. The molecule has 2 rings (SSSR count). The Morgan fingerprint density at radius 2 is 2.00 bits per heavy atom. The van der Waals surface area contributed by atoms with E-state index in [0.29, 0.717) is 6.04 Å². The fourth-order valence-corrected chi connectivity index (χ4v) is 2.81. The number of methoxy groups -OCH3 is 1. The smallest absolute Gasteiger partial charge is 0.119 e. The number of hydrogen-bond acceptors (Lipinski definition) is 3. The Hall–Kier alpha value is -1.06. The summed E-state index contributed by atoms with van der Waals surface area (Å²) >= 11 is 0. The molecule has 1 aromatic carbocycles. The summed E-state index contributed by atoms with van der Waals surface area (Å²) in [6, 6.07) is 8.93. The van der Waals surface area contributed by atoms with Crippen LogP contribution in [0, 0.1) is 0 Å². The highest BCUT2D eigenvalue weighted by molar-refractivity contribution is 5.28. The van der Waals surface area contributed by atoms with Crippen LogP contribution < -0.4 is 4.74 Å². The molecule has 0 amide bonds. The summed E-state index contributed by atoms with van der Waals surface area (Å²) in [6.45, 7) is 1.06. The van der Waals surface area contributed by atoms with E-state index in [9.17, 15) is 5.11 Å². The van der Waals surface area contributed by atoms with Gasteiger partial charge in [0.2, 0.25) is 0 Å². The van der Waals surface area contributed by atoms with Crippen molar-refractivity contribution in [3.63, 3.8) is 0 Å². The summed E-state index contributed by atoms with van der Waals surface area (Å²) in [6.07, 6.45) is 5.13. The second-order valence-electron chi connectivity index (χ2n) is 5.54. The molecule has 1 N–H and O–H groups in total. The van der Waals surface area contributed by atoms with E-state index in [0.717, 1.165) is 44.4 Å². The highest BCUT2D eigenvalue weighted by Crippen LogP contribution is 2.22. The van der Waals surface area contributed by atoms with Gasteiger partial charge in [0.05, 0.1) is 13.2 Å². The van der Waals surface area contributed by atoms with Gasteiger partial charge < -0.3 is 14.7 Å². The number of aliphatic hydroxyl groups is 1. The van der Waals surface area contributed by atoms with Crippen LogP contribution in [0.15, 0.2) is 24.3 Å². The minimum Gasteiger partial charge on any atom is -0.497 e. The van der Waals surface area contributed by atoms with Crippen molar-refractivity contribution in [2.45, 2.75) is 44.2 Å². The third-order valence-corrected chi connectivity index (χ3v) is 4.18. The molecule has 3 nitrogen and oxygen atoms in total. The molecule has 0 saturated heterocycles. The van der Waals surface area contributed by atoms with Crippen LogP contribution in [0.4, 0.5) is 0 Å². The van der Waals surface area contributed by atoms with Crippen molar-refractivity contribution >= 4 is 0 Å². The van der Waals surface area contributed by atoms with E-state index in [-0.39, 0.29) is 6.10 Å². The SMILES string of the molecule is COc1cccc(CCN(C)C2CCC(O)CC2)c1. The molecule has 0 atom stereocenters. The molecule has 0 aromatic heterocycles. The van der Waals surface area contributed by atoms with Crippen LogP contribution in [0.3, 0.4) is 0 Å². The maximum Gasteiger partial charge on any atom is 0.119 e. The number of rotatable bonds is 5. The number of ether oxygens (including phenoxy) is 1. The van der Waals surface area contributed by atoms with E-state index < -0.39 is 0 Å². The van der Waals surface area contributed by atoms with E-state index in [1.54, 1.807) is 7.11 Å². The van der Waals surface area contributed by atoms with Crippen LogP contribution in [0.25, 0.3) is 0 Å². The van der Waals surface area contributed by atoms with Crippen molar-refractivity contribution in [2.24, 2.45) is 0 Å². The molecule has 0 unspecified atom stereocenters. The van der Waals surface area contributed by atoms with Crippen molar-refractivity contribution in [1.29, 1.82) is 0 Å². The molecule has 0 spiro atoms. The van der Waals surface area contributed by atoms with Gasteiger partial charge in [0.1, 0.15) is 5.75 Å². The van der Waals surface area contributed by atoms with Gasteiger partial charge in [0.25, 0.3) is 0 Å². The average Bonchev–Trinajstić information content (AvgIpc) is 2.46. The molecule has 106 valence electrons. The van der Waals surface area contributed by atoms with E-state index in [1.807, 2.05) is 12.1 Å². The van der Waals surface area contributed by atoms with Crippen LogP contribution in [0.2, 0.25) is 0 Å². The normalized spacial score (nSPS) is 23.6. The zero-order chi connectivity index (χ0) is 13.7. The molecule has 19 heavy (non-hydrogen) atoms. The Kier molecular flexibility index (Phi) is 5.23. The summed E-state index contributed by atoms with van der Waals surface area (Å²) in [5.74, 6) is 0.931. The van der Waals surface area contributed by atoms with Gasteiger partial charge in [0.15, 0.2) is 0 Å². The topological polar surface area (TPSA) is 32.7 Å². The molecule has 0 heterocycles. The zero-order valence-corrected chi connectivity index (χ0v) is 12.0. The maximum absolute atomic E-state index is 9.54. The van der Waals surface area contributed by atoms with E-state index in [2.05, 4.69) is 24.1 Å². The molecule has 1 aromatic rings. The van der Waals surface area contributed by atoms with Gasteiger partial charge in [-0.1, -0.05) is 12.1 Å². The molecule has 0 bridgehead atoms. The first kappa shape index (κ1) is 14.4. The zero-order valence-electron chi connectivity index (χ0n) is 12.0. The number of likely N-dealkylation sites (N-methyl/N-ethyl adjacent to an activating group) is 1. The Morgan fingerprint density at radius 1 is 1.26 bits per heavy atom. The van der Waals surface area contributed by atoms with Gasteiger partial charge in [0, 0.05) is 12.6 Å². The third kappa shape index (κ3) is 4.22. The number of aliphatic hydroxyl groups excluding tert-OH is 1. The molecule has 1 aliphatic rings. The Labute approximate surface area is 116 Å². The van der Waals surface area contributed by atoms with Crippen LogP contribution in [0.5, 0.6) is 5.75 Å². The van der Waals surface area contributed by atoms with Crippen LogP contribution in [-0.4, -0.2) is 42.9 Å². The van der Waals surface area contributed by atoms with Crippen molar-refractivity contribution in [2.75, 3.05) is 20.7 Å². The molecular formula is C16H25NO2. The predicted molar refractivity (Wildman–Crippen MR) is 77.6 cm³/mol. The second-order valence-corrected chi connectivity index (χ2v) is 5.54. The molecule has 0 aliphatic heterocycles. The van der Waals surface area contributed by atoms with Gasteiger partial charge in [-0.3, -0.25) is 0 Å². The van der Waals surface area contributed by atoms with Gasteiger partial charge >= 0.3 is 0 Å². The highest BCUT2D eigenvalue weighted by Gasteiger charge is 2.22. The van der Waals surface area contributed by atoms with Gasteiger partial charge in [-0.25, -0.2) is 0 Å². The largest absolute Gasteiger partial charge is 0.497 e. The standard InChI is InChI=1S/C16H25NO2/c1-17(14-6-8-15(18)9-7-14)11-10-13-4-3-5-16(12-13)19-2/h3-5,12,14-15,18H,6-11H2,1-2H3. The van der Waals surface area contributed by atoms with Crippen LogP contribution in [0.1, 0.15) is 31.2 Å². The lowest BCUT2D eigenvalue weighted by atomic mass is 9.92. The molecule has 0 radical (unpaired) electrons. The lowest BCUT2D eigenvalue weighted by molar-refractivity contribution is 0.0847. The van der Waals surface area contributed by atoms with Gasteiger partial charge in [-0.05, 0) is 56.8 Å². The van der Waals surface area contributed by atoms with Gasteiger partial charge in [-0.15, -0.1) is 0 Å². The summed E-state index contributed by atoms with van der Waals surface area (Å²) in [4.78, 5) is 2.44. The summed E-state index contributed by atoms with van der Waals surface area (Å²) < 4.78 is 5.25. The Balaban J connectivity index is 1.80. The first-order chi connectivity index (χ1) is 9.19. The summed E-state index contributed by atoms with van der Waals surface area (Å²) in [5.41, 5.74) is 1.32. The van der Waals surface area contributed by atoms with Crippen LogP contribution in [-0.2, 0) is 6.42 Å². The third-order valence-electron chi connectivity index (χ3n) is 4.18. The molecule has 1 aliphatic carbocycles.